The first-order valence-corrected chi connectivity index (χ1v) is 13.2. The highest BCUT2D eigenvalue weighted by Crippen LogP contribution is 2.50. The maximum atomic E-state index is 13.1. The van der Waals surface area contributed by atoms with E-state index >= 15 is 0 Å². The van der Waals surface area contributed by atoms with Crippen LogP contribution in [0.2, 0.25) is 5.02 Å². The van der Waals surface area contributed by atoms with Gasteiger partial charge in [0.1, 0.15) is 5.02 Å². The Bertz CT molecular complexity index is 1220. The topological polar surface area (TPSA) is 101 Å². The molecule has 174 valence electrons. The van der Waals surface area contributed by atoms with Crippen LogP contribution >= 0.6 is 11.6 Å². The summed E-state index contributed by atoms with van der Waals surface area (Å²) in [5.74, 6) is 0.161. The van der Waals surface area contributed by atoms with Crippen LogP contribution in [-0.4, -0.2) is 19.4 Å². The van der Waals surface area contributed by atoms with E-state index in [1.165, 1.54) is 6.07 Å². The summed E-state index contributed by atoms with van der Waals surface area (Å²) in [5.41, 5.74) is 2.48. The summed E-state index contributed by atoms with van der Waals surface area (Å²) in [5, 5.41) is 15.0. The van der Waals surface area contributed by atoms with Gasteiger partial charge < -0.3 is 5.32 Å². The number of benzene rings is 2. The second-order valence-corrected chi connectivity index (χ2v) is 11.3. The lowest BCUT2D eigenvalue weighted by atomic mass is 9.77. The number of rotatable bonds is 5. The third-order valence-electron chi connectivity index (χ3n) is 7.10. The molecule has 0 saturated heterocycles. The first-order valence-electron chi connectivity index (χ1n) is 11.4. The number of sulfonamides is 1. The van der Waals surface area contributed by atoms with Crippen LogP contribution in [0.15, 0.2) is 53.4 Å². The van der Waals surface area contributed by atoms with Crippen molar-refractivity contribution >= 4 is 33.0 Å². The first-order chi connectivity index (χ1) is 15.8. The van der Waals surface area contributed by atoms with Gasteiger partial charge in [-0.05, 0) is 60.6 Å². The molecule has 1 saturated carbocycles. The summed E-state index contributed by atoms with van der Waals surface area (Å²) in [7, 11) is -3.60. The Morgan fingerprint density at radius 1 is 1.09 bits per heavy atom. The van der Waals surface area contributed by atoms with E-state index in [0.29, 0.717) is 0 Å². The summed E-state index contributed by atoms with van der Waals surface area (Å²) >= 11 is 6.02. The van der Waals surface area contributed by atoms with Gasteiger partial charge in [0.15, 0.2) is 0 Å². The van der Waals surface area contributed by atoms with E-state index in [-0.39, 0.29) is 39.5 Å². The van der Waals surface area contributed by atoms with Crippen LogP contribution in [0.5, 0.6) is 0 Å². The average Bonchev–Trinajstić information content (AvgIpc) is 3.29. The van der Waals surface area contributed by atoms with E-state index in [1.54, 1.807) is 18.2 Å². The molecule has 2 N–H and O–H groups in total. The van der Waals surface area contributed by atoms with E-state index < -0.39 is 14.9 Å². The van der Waals surface area contributed by atoms with Crippen LogP contribution < -0.4 is 10.0 Å². The predicted octanol–water partition coefficient (Wildman–Crippen LogP) is 5.69. The number of hydrogen-bond donors (Lipinski definition) is 2. The lowest BCUT2D eigenvalue weighted by Crippen LogP contribution is -2.36. The summed E-state index contributed by atoms with van der Waals surface area (Å²) in [6.45, 7) is 0. The monoisotopic (exact) mass is 487 g/mol. The summed E-state index contributed by atoms with van der Waals surface area (Å²) in [6, 6.07) is 10.0. The highest BCUT2D eigenvalue weighted by atomic mass is 35.5. The molecule has 3 aliphatic rings. The van der Waals surface area contributed by atoms with Crippen molar-refractivity contribution < 1.29 is 13.3 Å². The highest BCUT2D eigenvalue weighted by Gasteiger charge is 2.39. The SMILES string of the molecule is O=[N+]([O-])c1cc(C2Nc3ccc(S(=O)(=O)NC4CCCCC4)cc3C3C=CCC32)ccc1Cl. The van der Waals surface area contributed by atoms with Crippen LogP contribution in [0.25, 0.3) is 0 Å². The third kappa shape index (κ3) is 4.27. The largest absolute Gasteiger partial charge is 0.378 e. The molecule has 0 bridgehead atoms. The van der Waals surface area contributed by atoms with Gasteiger partial charge in [-0.2, -0.15) is 0 Å². The zero-order valence-electron chi connectivity index (χ0n) is 18.0. The van der Waals surface area contributed by atoms with Gasteiger partial charge in [-0.15, -0.1) is 0 Å². The minimum atomic E-state index is -3.60. The Labute approximate surface area is 198 Å². The molecule has 1 fully saturated rings. The second-order valence-electron chi connectivity index (χ2n) is 9.15. The van der Waals surface area contributed by atoms with E-state index in [2.05, 4.69) is 22.2 Å². The minimum absolute atomic E-state index is 0.00195. The van der Waals surface area contributed by atoms with Crippen molar-refractivity contribution in [2.45, 2.75) is 61.4 Å². The van der Waals surface area contributed by atoms with Gasteiger partial charge in [-0.3, -0.25) is 10.1 Å². The molecule has 0 aromatic heterocycles. The Balaban J connectivity index is 1.46. The standard InChI is InChI=1S/C24H26ClN3O4S/c25-21-11-9-15(13-23(21)28(29)30)24-19-8-4-7-18(19)20-14-17(10-12-22(20)26-24)33(31,32)27-16-5-2-1-3-6-16/h4,7,9-14,16,18-19,24,26-27H,1-3,5-6,8H2. The number of nitro benzene ring substituents is 1. The fourth-order valence-corrected chi connectivity index (χ4v) is 6.97. The smallest absolute Gasteiger partial charge is 0.288 e. The van der Waals surface area contributed by atoms with Crippen molar-refractivity contribution in [2.75, 3.05) is 5.32 Å². The van der Waals surface area contributed by atoms with E-state index in [9.17, 15) is 18.5 Å². The van der Waals surface area contributed by atoms with Crippen LogP contribution in [-0.2, 0) is 10.0 Å². The lowest BCUT2D eigenvalue weighted by molar-refractivity contribution is -0.384. The summed E-state index contributed by atoms with van der Waals surface area (Å²) < 4.78 is 29.0. The molecule has 0 amide bonds. The maximum Gasteiger partial charge on any atom is 0.288 e. The Hall–Kier alpha value is -2.42. The minimum Gasteiger partial charge on any atom is -0.378 e. The average molecular weight is 488 g/mol. The number of anilines is 1. The molecule has 3 unspecified atom stereocenters. The number of halogens is 1. The fraction of sp³-hybridized carbons (Fsp3) is 0.417. The van der Waals surface area contributed by atoms with Crippen molar-refractivity contribution in [2.24, 2.45) is 5.92 Å². The van der Waals surface area contributed by atoms with Crippen LogP contribution in [0, 0.1) is 16.0 Å². The quantitative estimate of drug-likeness (QED) is 0.320. The van der Waals surface area contributed by atoms with Gasteiger partial charge in [0, 0.05) is 23.7 Å². The molecule has 33 heavy (non-hydrogen) atoms. The molecule has 3 atom stereocenters. The Morgan fingerprint density at radius 2 is 1.88 bits per heavy atom. The normalized spacial score (nSPS) is 24.7. The van der Waals surface area contributed by atoms with Gasteiger partial charge in [0.05, 0.1) is 15.9 Å². The van der Waals surface area contributed by atoms with Gasteiger partial charge in [0.25, 0.3) is 5.69 Å². The van der Waals surface area contributed by atoms with Crippen LogP contribution in [0.1, 0.15) is 61.6 Å². The fourth-order valence-electron chi connectivity index (χ4n) is 5.44. The summed E-state index contributed by atoms with van der Waals surface area (Å²) in [6.07, 6.45) is 10.1. The van der Waals surface area contributed by atoms with Gasteiger partial charge >= 0.3 is 0 Å². The number of nitrogens with zero attached hydrogens (tertiary/aromatic N) is 1. The number of fused-ring (bicyclic) bond motifs is 3. The Morgan fingerprint density at radius 3 is 2.64 bits per heavy atom. The highest BCUT2D eigenvalue weighted by molar-refractivity contribution is 7.89. The molecule has 5 rings (SSSR count). The molecular formula is C24H26ClN3O4S. The van der Waals surface area contributed by atoms with Crippen LogP contribution in [0.4, 0.5) is 11.4 Å². The van der Waals surface area contributed by atoms with E-state index in [0.717, 1.165) is 55.3 Å². The molecule has 1 heterocycles. The molecule has 1 aliphatic heterocycles. The molecule has 2 aromatic carbocycles. The lowest BCUT2D eigenvalue weighted by Gasteiger charge is -2.37. The maximum absolute atomic E-state index is 13.1. The zero-order chi connectivity index (χ0) is 23.2. The van der Waals surface area contributed by atoms with Crippen molar-refractivity contribution in [1.82, 2.24) is 4.72 Å². The van der Waals surface area contributed by atoms with Crippen molar-refractivity contribution in [3.63, 3.8) is 0 Å². The van der Waals surface area contributed by atoms with Gasteiger partial charge in [0.2, 0.25) is 10.0 Å². The zero-order valence-corrected chi connectivity index (χ0v) is 19.6. The van der Waals surface area contributed by atoms with Crippen molar-refractivity contribution in [3.05, 3.63) is 74.8 Å². The predicted molar refractivity (Wildman–Crippen MR) is 128 cm³/mol. The number of allylic oxidation sites excluding steroid dienone is 2. The van der Waals surface area contributed by atoms with Gasteiger partial charge in [-0.1, -0.05) is 49.1 Å². The number of hydrogen-bond acceptors (Lipinski definition) is 5. The number of nitro groups is 1. The second kappa shape index (κ2) is 8.74. The van der Waals surface area contributed by atoms with E-state index in [4.69, 9.17) is 11.6 Å². The third-order valence-corrected chi connectivity index (χ3v) is 8.94. The summed E-state index contributed by atoms with van der Waals surface area (Å²) in [4.78, 5) is 11.2. The molecule has 2 aromatic rings. The molecule has 0 spiro atoms. The molecule has 9 heteroatoms. The Kier molecular flexibility index (Phi) is 5.93. The molecule has 7 nitrogen and oxygen atoms in total. The molecular weight excluding hydrogens is 462 g/mol. The van der Waals surface area contributed by atoms with Gasteiger partial charge in [-0.25, -0.2) is 13.1 Å². The van der Waals surface area contributed by atoms with Crippen LogP contribution in [0.3, 0.4) is 0 Å². The van der Waals surface area contributed by atoms with Crippen molar-refractivity contribution in [1.29, 1.82) is 0 Å². The molecule has 2 aliphatic carbocycles. The number of nitrogens with one attached hydrogen (secondary N) is 2. The van der Waals surface area contributed by atoms with E-state index in [1.807, 2.05) is 12.1 Å². The molecule has 0 radical (unpaired) electrons. The first kappa shape index (κ1) is 22.4. The van der Waals surface area contributed by atoms with Crippen molar-refractivity contribution in [3.8, 4) is 0 Å².